The van der Waals surface area contributed by atoms with Gasteiger partial charge in [0.1, 0.15) is 18.2 Å². The molecule has 0 atom stereocenters. The van der Waals surface area contributed by atoms with E-state index in [1.165, 1.54) is 24.3 Å². The average Bonchev–Trinajstić information content (AvgIpc) is 3.04. The van der Waals surface area contributed by atoms with Crippen LogP contribution >= 0.6 is 0 Å². The second-order valence-corrected chi connectivity index (χ2v) is 5.29. The summed E-state index contributed by atoms with van der Waals surface area (Å²) in [4.78, 5) is 7.23. The summed E-state index contributed by atoms with van der Waals surface area (Å²) >= 11 is 0. The van der Waals surface area contributed by atoms with Gasteiger partial charge in [-0.05, 0) is 35.9 Å². The smallest absolute Gasteiger partial charge is 0.395 e. The Labute approximate surface area is 134 Å². The van der Waals surface area contributed by atoms with Gasteiger partial charge >= 0.3 is 6.29 Å². The molecule has 0 bridgehead atoms. The van der Waals surface area contributed by atoms with Gasteiger partial charge in [-0.1, -0.05) is 6.07 Å². The lowest BCUT2D eigenvalue weighted by Gasteiger charge is -2.04. The van der Waals surface area contributed by atoms with Gasteiger partial charge < -0.3 is 19.2 Å². The number of fused-ring (bicyclic) bond motifs is 2. The van der Waals surface area contributed by atoms with Crippen molar-refractivity contribution in [3.63, 3.8) is 0 Å². The van der Waals surface area contributed by atoms with Gasteiger partial charge in [0.05, 0.1) is 17.6 Å². The van der Waals surface area contributed by atoms with E-state index in [1.54, 1.807) is 12.1 Å². The van der Waals surface area contributed by atoms with Crippen LogP contribution in [0.15, 0.2) is 36.4 Å². The van der Waals surface area contributed by atoms with E-state index >= 15 is 0 Å². The van der Waals surface area contributed by atoms with Crippen molar-refractivity contribution in [1.29, 1.82) is 0 Å². The number of alkyl halides is 2. The second-order valence-electron chi connectivity index (χ2n) is 5.29. The number of benzene rings is 2. The minimum absolute atomic E-state index is 0.0111. The molecule has 0 unspecified atom stereocenters. The number of rotatable bonds is 4. The first kappa shape index (κ1) is 14.8. The van der Waals surface area contributed by atoms with Gasteiger partial charge in [0.15, 0.2) is 11.5 Å². The van der Waals surface area contributed by atoms with Crippen molar-refractivity contribution in [3.05, 3.63) is 53.6 Å². The van der Waals surface area contributed by atoms with E-state index in [2.05, 4.69) is 19.4 Å². The first-order chi connectivity index (χ1) is 11.5. The molecule has 0 saturated carbocycles. The standard InChI is InChI=1S/C16H11F3N2O3/c17-10-2-3-11-12(6-10)21-15(20-11)8-22-7-9-1-4-13-14(5-9)24-16(18,19)23-13/h1-6H,7-8H2,(H,20,21). The van der Waals surface area contributed by atoms with Crippen molar-refractivity contribution in [2.24, 2.45) is 0 Å². The van der Waals surface area contributed by atoms with E-state index in [9.17, 15) is 13.2 Å². The van der Waals surface area contributed by atoms with Gasteiger partial charge in [-0.15, -0.1) is 8.78 Å². The fourth-order valence-corrected chi connectivity index (χ4v) is 2.45. The Kier molecular flexibility index (Phi) is 3.34. The first-order valence-corrected chi connectivity index (χ1v) is 7.09. The minimum Gasteiger partial charge on any atom is -0.395 e. The van der Waals surface area contributed by atoms with E-state index < -0.39 is 6.29 Å². The Morgan fingerprint density at radius 2 is 1.88 bits per heavy atom. The predicted octanol–water partition coefficient (Wildman–Crippen LogP) is 3.74. The molecular formula is C16H11F3N2O3. The molecule has 1 aliphatic rings. The highest BCUT2D eigenvalue weighted by Crippen LogP contribution is 2.41. The zero-order valence-electron chi connectivity index (χ0n) is 12.2. The Bertz CT molecular complexity index is 911. The van der Waals surface area contributed by atoms with Crippen LogP contribution in [0, 0.1) is 5.82 Å². The summed E-state index contributed by atoms with van der Waals surface area (Å²) < 4.78 is 53.3. The second kappa shape index (κ2) is 5.41. The molecule has 24 heavy (non-hydrogen) atoms. The van der Waals surface area contributed by atoms with E-state index in [4.69, 9.17) is 4.74 Å². The van der Waals surface area contributed by atoms with Crippen LogP contribution in [0.1, 0.15) is 11.4 Å². The fourth-order valence-electron chi connectivity index (χ4n) is 2.45. The number of ether oxygens (including phenoxy) is 3. The number of aromatic amines is 1. The molecular weight excluding hydrogens is 325 g/mol. The summed E-state index contributed by atoms with van der Waals surface area (Å²) in [5.41, 5.74) is 1.87. The van der Waals surface area contributed by atoms with Gasteiger partial charge in [-0.3, -0.25) is 0 Å². The normalized spacial score (nSPS) is 15.1. The Morgan fingerprint density at radius 1 is 1.04 bits per heavy atom. The van der Waals surface area contributed by atoms with Crippen molar-refractivity contribution in [2.75, 3.05) is 0 Å². The molecule has 0 saturated heterocycles. The number of imidazole rings is 1. The number of H-pyrrole nitrogens is 1. The third-order valence-electron chi connectivity index (χ3n) is 3.47. The number of hydrogen-bond donors (Lipinski definition) is 1. The van der Waals surface area contributed by atoms with Crippen molar-refractivity contribution in [2.45, 2.75) is 19.5 Å². The van der Waals surface area contributed by atoms with Crippen LogP contribution in [0.25, 0.3) is 11.0 Å². The number of hydrogen-bond acceptors (Lipinski definition) is 4. The zero-order valence-corrected chi connectivity index (χ0v) is 12.2. The molecule has 5 nitrogen and oxygen atoms in total. The predicted molar refractivity (Wildman–Crippen MR) is 77.2 cm³/mol. The molecule has 1 aromatic heterocycles. The highest BCUT2D eigenvalue weighted by molar-refractivity contribution is 5.74. The number of aromatic nitrogens is 2. The SMILES string of the molecule is Fc1ccc2nc(COCc3ccc4c(c3)OC(F)(F)O4)[nH]c2c1. The lowest BCUT2D eigenvalue weighted by molar-refractivity contribution is -0.286. The molecule has 124 valence electrons. The summed E-state index contributed by atoms with van der Waals surface area (Å²) in [7, 11) is 0. The van der Waals surface area contributed by atoms with Gasteiger partial charge in [0, 0.05) is 0 Å². The summed E-state index contributed by atoms with van der Waals surface area (Å²) in [6.07, 6.45) is -3.63. The highest BCUT2D eigenvalue weighted by Gasteiger charge is 2.43. The van der Waals surface area contributed by atoms with Gasteiger partial charge in [-0.2, -0.15) is 0 Å². The molecule has 1 aliphatic heterocycles. The van der Waals surface area contributed by atoms with Crippen molar-refractivity contribution >= 4 is 11.0 Å². The van der Waals surface area contributed by atoms with Crippen LogP contribution in [0.4, 0.5) is 13.2 Å². The lowest BCUT2D eigenvalue weighted by Crippen LogP contribution is -2.25. The maximum Gasteiger partial charge on any atom is 0.586 e. The molecule has 3 aromatic rings. The van der Waals surface area contributed by atoms with Crippen molar-refractivity contribution < 1.29 is 27.4 Å². The minimum atomic E-state index is -3.63. The molecule has 8 heteroatoms. The monoisotopic (exact) mass is 336 g/mol. The molecule has 0 fully saturated rings. The summed E-state index contributed by atoms with van der Waals surface area (Å²) in [6, 6.07) is 8.70. The van der Waals surface area contributed by atoms with Crippen molar-refractivity contribution in [3.8, 4) is 11.5 Å². The van der Waals surface area contributed by atoms with Crippen LogP contribution < -0.4 is 9.47 Å². The van der Waals surface area contributed by atoms with Crippen LogP contribution in [0.2, 0.25) is 0 Å². The Balaban J connectivity index is 1.40. The number of nitrogens with zero attached hydrogens (tertiary/aromatic N) is 1. The molecule has 0 radical (unpaired) electrons. The van der Waals surface area contributed by atoms with Gasteiger partial charge in [-0.25, -0.2) is 9.37 Å². The zero-order chi connectivity index (χ0) is 16.7. The van der Waals surface area contributed by atoms with E-state index in [-0.39, 0.29) is 30.5 Å². The van der Waals surface area contributed by atoms with E-state index in [1.807, 2.05) is 0 Å². The molecule has 2 aromatic carbocycles. The molecule has 1 N–H and O–H groups in total. The third-order valence-corrected chi connectivity index (χ3v) is 3.47. The fraction of sp³-hybridized carbons (Fsp3) is 0.188. The summed E-state index contributed by atoms with van der Waals surface area (Å²) in [5.74, 6) is 0.155. The highest BCUT2D eigenvalue weighted by atomic mass is 19.3. The van der Waals surface area contributed by atoms with Gasteiger partial charge in [0.2, 0.25) is 0 Å². The van der Waals surface area contributed by atoms with Crippen LogP contribution in [0.5, 0.6) is 11.5 Å². The largest absolute Gasteiger partial charge is 0.586 e. The Hall–Kier alpha value is -2.74. The summed E-state index contributed by atoms with van der Waals surface area (Å²) in [5, 5.41) is 0. The first-order valence-electron chi connectivity index (χ1n) is 7.09. The van der Waals surface area contributed by atoms with Crippen LogP contribution in [0.3, 0.4) is 0 Å². The van der Waals surface area contributed by atoms with Crippen LogP contribution in [-0.4, -0.2) is 16.3 Å². The number of halogens is 3. The topological polar surface area (TPSA) is 56.4 Å². The maximum absolute atomic E-state index is 13.1. The summed E-state index contributed by atoms with van der Waals surface area (Å²) in [6.45, 7) is 0.342. The molecule has 0 aliphatic carbocycles. The third kappa shape index (κ3) is 2.88. The number of nitrogens with one attached hydrogen (secondary N) is 1. The molecule has 0 amide bonds. The van der Waals surface area contributed by atoms with Crippen molar-refractivity contribution in [1.82, 2.24) is 9.97 Å². The van der Waals surface area contributed by atoms with Gasteiger partial charge in [0.25, 0.3) is 0 Å². The molecule has 2 heterocycles. The van der Waals surface area contributed by atoms with E-state index in [0.29, 0.717) is 22.4 Å². The lowest BCUT2D eigenvalue weighted by atomic mass is 10.2. The van der Waals surface area contributed by atoms with E-state index in [0.717, 1.165) is 0 Å². The Morgan fingerprint density at radius 3 is 2.75 bits per heavy atom. The van der Waals surface area contributed by atoms with Crippen LogP contribution in [-0.2, 0) is 18.0 Å². The quantitative estimate of drug-likeness (QED) is 0.788. The molecule has 0 spiro atoms. The molecule has 4 rings (SSSR count). The maximum atomic E-state index is 13.1. The average molecular weight is 336 g/mol.